The molecule has 0 atom stereocenters. The van der Waals surface area contributed by atoms with Crippen molar-refractivity contribution in [1.82, 2.24) is 9.97 Å². The molecule has 4 rings (SSSR count). The lowest BCUT2D eigenvalue weighted by Gasteiger charge is -2.12. The molecule has 4 nitrogen and oxygen atoms in total. The van der Waals surface area contributed by atoms with Crippen molar-refractivity contribution in [3.63, 3.8) is 0 Å². The van der Waals surface area contributed by atoms with Gasteiger partial charge in [-0.25, -0.2) is 9.37 Å². The minimum Gasteiger partial charge on any atom is -0.322 e. The van der Waals surface area contributed by atoms with Crippen LogP contribution in [0, 0.1) is 12.7 Å². The van der Waals surface area contributed by atoms with Gasteiger partial charge in [0, 0.05) is 29.0 Å². The van der Waals surface area contributed by atoms with Crippen molar-refractivity contribution < 1.29 is 9.18 Å². The van der Waals surface area contributed by atoms with Crippen LogP contribution in [0.15, 0.2) is 73.1 Å². The summed E-state index contributed by atoms with van der Waals surface area (Å²) >= 11 is 0. The van der Waals surface area contributed by atoms with Crippen LogP contribution < -0.4 is 5.32 Å². The summed E-state index contributed by atoms with van der Waals surface area (Å²) in [7, 11) is 0. The van der Waals surface area contributed by atoms with Crippen LogP contribution in [0.25, 0.3) is 22.2 Å². The summed E-state index contributed by atoms with van der Waals surface area (Å²) in [6, 6.07) is 17.3. The lowest BCUT2D eigenvalue weighted by atomic mass is 10.0. The highest BCUT2D eigenvalue weighted by atomic mass is 19.1. The van der Waals surface area contributed by atoms with Crippen molar-refractivity contribution in [3.05, 3.63) is 90.0 Å². The number of carbonyl (C=O) groups is 1. The molecule has 1 N–H and O–H groups in total. The minimum atomic E-state index is -0.333. The van der Waals surface area contributed by atoms with Gasteiger partial charge in [-0.1, -0.05) is 18.2 Å². The summed E-state index contributed by atoms with van der Waals surface area (Å²) in [4.78, 5) is 21.7. The Morgan fingerprint density at radius 3 is 2.56 bits per heavy atom. The molecular formula is C22H16FN3O. The quantitative estimate of drug-likeness (QED) is 0.561. The van der Waals surface area contributed by atoms with Crippen LogP contribution in [0.2, 0.25) is 0 Å². The number of aryl methyl sites for hydroxylation is 1. The topological polar surface area (TPSA) is 54.9 Å². The van der Waals surface area contributed by atoms with Gasteiger partial charge >= 0.3 is 0 Å². The summed E-state index contributed by atoms with van der Waals surface area (Å²) < 4.78 is 13.3. The van der Waals surface area contributed by atoms with E-state index < -0.39 is 0 Å². The summed E-state index contributed by atoms with van der Waals surface area (Å²) in [5.74, 6) is -0.599. The lowest BCUT2D eigenvalue weighted by molar-refractivity contribution is 0.102. The van der Waals surface area contributed by atoms with Crippen LogP contribution in [0.1, 0.15) is 15.9 Å². The molecule has 0 saturated carbocycles. The molecule has 0 aliphatic carbocycles. The molecule has 132 valence electrons. The Labute approximate surface area is 155 Å². The molecule has 0 aliphatic rings. The molecule has 2 aromatic heterocycles. The zero-order chi connectivity index (χ0) is 18.8. The predicted molar refractivity (Wildman–Crippen MR) is 104 cm³/mol. The van der Waals surface area contributed by atoms with Gasteiger partial charge in [0.1, 0.15) is 5.82 Å². The number of para-hydroxylation sites is 1. The molecule has 2 heterocycles. The molecule has 0 saturated heterocycles. The number of hydrogen-bond acceptors (Lipinski definition) is 3. The number of anilines is 1. The Bertz CT molecular complexity index is 1140. The molecule has 5 heteroatoms. The fraction of sp³-hybridized carbons (Fsp3) is 0.0455. The van der Waals surface area contributed by atoms with Gasteiger partial charge in [-0.3, -0.25) is 9.78 Å². The molecular weight excluding hydrogens is 341 g/mol. The standard InChI is InChI=1S/C22H16FN3O/c1-14-12-16(23)6-7-19(14)26-22(27)18-13-21(15-8-10-24-11-9-15)25-20-5-3-2-4-17(18)20/h2-13H,1H3,(H,26,27). The van der Waals surface area contributed by atoms with Gasteiger partial charge < -0.3 is 5.32 Å². The van der Waals surface area contributed by atoms with Gasteiger partial charge in [0.05, 0.1) is 16.8 Å². The summed E-state index contributed by atoms with van der Waals surface area (Å²) in [6.45, 7) is 1.76. The number of carbonyl (C=O) groups excluding carboxylic acids is 1. The molecule has 0 radical (unpaired) electrons. The van der Waals surface area contributed by atoms with Crippen LogP contribution in [-0.4, -0.2) is 15.9 Å². The molecule has 27 heavy (non-hydrogen) atoms. The monoisotopic (exact) mass is 357 g/mol. The molecule has 0 spiro atoms. The smallest absolute Gasteiger partial charge is 0.256 e. The zero-order valence-corrected chi connectivity index (χ0v) is 14.6. The third-order valence-electron chi connectivity index (χ3n) is 4.37. The summed E-state index contributed by atoms with van der Waals surface area (Å²) in [5.41, 5.74) is 4.05. The average Bonchev–Trinajstić information content (AvgIpc) is 2.70. The number of rotatable bonds is 3. The number of fused-ring (bicyclic) bond motifs is 1. The van der Waals surface area contributed by atoms with E-state index in [0.717, 1.165) is 16.5 Å². The minimum absolute atomic E-state index is 0.265. The van der Waals surface area contributed by atoms with Crippen molar-refractivity contribution in [1.29, 1.82) is 0 Å². The largest absolute Gasteiger partial charge is 0.322 e. The van der Waals surface area contributed by atoms with Gasteiger partial charge in [-0.05, 0) is 55.0 Å². The van der Waals surface area contributed by atoms with Gasteiger partial charge in [0.15, 0.2) is 0 Å². The second kappa shape index (κ2) is 6.96. The average molecular weight is 357 g/mol. The van der Waals surface area contributed by atoms with E-state index in [4.69, 9.17) is 0 Å². The van der Waals surface area contributed by atoms with E-state index in [2.05, 4.69) is 15.3 Å². The lowest BCUT2D eigenvalue weighted by Crippen LogP contribution is -2.14. The molecule has 1 amide bonds. The summed E-state index contributed by atoms with van der Waals surface area (Å²) in [6.07, 6.45) is 3.38. The van der Waals surface area contributed by atoms with Gasteiger partial charge in [-0.2, -0.15) is 0 Å². The fourth-order valence-electron chi connectivity index (χ4n) is 2.99. The first-order valence-electron chi connectivity index (χ1n) is 8.49. The normalized spacial score (nSPS) is 10.7. The Kier molecular flexibility index (Phi) is 4.34. The van der Waals surface area contributed by atoms with Crippen molar-refractivity contribution in [3.8, 4) is 11.3 Å². The second-order valence-corrected chi connectivity index (χ2v) is 6.22. The number of nitrogens with zero attached hydrogens (tertiary/aromatic N) is 2. The Balaban J connectivity index is 1.81. The van der Waals surface area contributed by atoms with E-state index in [9.17, 15) is 9.18 Å². The first-order valence-corrected chi connectivity index (χ1v) is 8.49. The number of benzene rings is 2. The maximum absolute atomic E-state index is 13.3. The van der Waals surface area contributed by atoms with Gasteiger partial charge in [-0.15, -0.1) is 0 Å². The van der Waals surface area contributed by atoms with Crippen LogP contribution in [0.5, 0.6) is 0 Å². The van der Waals surface area contributed by atoms with Crippen molar-refractivity contribution in [2.75, 3.05) is 5.32 Å². The predicted octanol–water partition coefficient (Wildman–Crippen LogP) is 5.00. The molecule has 0 bridgehead atoms. The van der Waals surface area contributed by atoms with Crippen LogP contribution in [0.3, 0.4) is 0 Å². The van der Waals surface area contributed by atoms with Crippen LogP contribution in [-0.2, 0) is 0 Å². The third-order valence-corrected chi connectivity index (χ3v) is 4.37. The first-order chi connectivity index (χ1) is 13.1. The third kappa shape index (κ3) is 3.40. The van der Waals surface area contributed by atoms with Crippen molar-refractivity contribution in [2.45, 2.75) is 6.92 Å². The Hall–Kier alpha value is -3.60. The maximum Gasteiger partial charge on any atom is 0.256 e. The van der Waals surface area contributed by atoms with Gasteiger partial charge in [0.2, 0.25) is 0 Å². The number of halogens is 1. The van der Waals surface area contributed by atoms with E-state index in [1.54, 1.807) is 31.5 Å². The van der Waals surface area contributed by atoms with E-state index in [0.29, 0.717) is 22.5 Å². The highest BCUT2D eigenvalue weighted by Crippen LogP contribution is 2.26. The van der Waals surface area contributed by atoms with Crippen LogP contribution in [0.4, 0.5) is 10.1 Å². The highest BCUT2D eigenvalue weighted by Gasteiger charge is 2.15. The molecule has 4 aromatic rings. The number of pyridine rings is 2. The van der Waals surface area contributed by atoms with E-state index in [1.807, 2.05) is 36.4 Å². The Morgan fingerprint density at radius 2 is 1.78 bits per heavy atom. The molecule has 0 unspecified atom stereocenters. The number of amides is 1. The summed E-state index contributed by atoms with van der Waals surface area (Å²) in [5, 5.41) is 3.64. The maximum atomic E-state index is 13.3. The second-order valence-electron chi connectivity index (χ2n) is 6.22. The zero-order valence-electron chi connectivity index (χ0n) is 14.6. The van der Waals surface area contributed by atoms with E-state index in [1.165, 1.54) is 12.1 Å². The van der Waals surface area contributed by atoms with E-state index >= 15 is 0 Å². The van der Waals surface area contributed by atoms with Crippen molar-refractivity contribution in [2.24, 2.45) is 0 Å². The fourth-order valence-corrected chi connectivity index (χ4v) is 2.99. The van der Waals surface area contributed by atoms with E-state index in [-0.39, 0.29) is 11.7 Å². The van der Waals surface area contributed by atoms with Gasteiger partial charge in [0.25, 0.3) is 5.91 Å². The number of hydrogen-bond donors (Lipinski definition) is 1. The molecule has 0 fully saturated rings. The highest BCUT2D eigenvalue weighted by molar-refractivity contribution is 6.13. The van der Waals surface area contributed by atoms with Crippen molar-refractivity contribution >= 4 is 22.5 Å². The first kappa shape index (κ1) is 16.8. The SMILES string of the molecule is Cc1cc(F)ccc1NC(=O)c1cc(-c2ccncc2)nc2ccccc12. The van der Waals surface area contributed by atoms with Crippen LogP contribution >= 0.6 is 0 Å². The number of aromatic nitrogens is 2. The molecule has 0 aliphatic heterocycles. The Morgan fingerprint density at radius 1 is 1.00 bits per heavy atom. The number of nitrogens with one attached hydrogen (secondary N) is 1. The molecule has 2 aromatic carbocycles.